The molecule has 1 aromatic carbocycles. The first-order valence-corrected chi connectivity index (χ1v) is 4.44. The molecular formula is C8H8N6O2. The summed E-state index contributed by atoms with van der Waals surface area (Å²) >= 11 is 0. The van der Waals surface area contributed by atoms with E-state index in [1.54, 1.807) is 12.1 Å². The van der Waals surface area contributed by atoms with E-state index in [1.807, 2.05) is 0 Å². The summed E-state index contributed by atoms with van der Waals surface area (Å²) in [5.41, 5.74) is 5.93. The number of tetrazole rings is 1. The summed E-state index contributed by atoms with van der Waals surface area (Å²) in [7, 11) is 0. The van der Waals surface area contributed by atoms with E-state index in [-0.39, 0.29) is 12.2 Å². The lowest BCUT2D eigenvalue weighted by molar-refractivity contribution is -0.384. The lowest BCUT2D eigenvalue weighted by Gasteiger charge is -2.01. The highest BCUT2D eigenvalue weighted by Crippen LogP contribution is 2.16. The maximum absolute atomic E-state index is 10.6. The molecule has 0 bridgehead atoms. The van der Waals surface area contributed by atoms with Crippen molar-refractivity contribution in [3.05, 3.63) is 40.2 Å². The van der Waals surface area contributed by atoms with Gasteiger partial charge in [0.25, 0.3) is 5.69 Å². The van der Waals surface area contributed by atoms with Crippen LogP contribution in [0.25, 0.3) is 5.69 Å². The third-order valence-corrected chi connectivity index (χ3v) is 2.00. The minimum Gasteiger partial charge on any atom is -0.324 e. The Morgan fingerprint density at radius 1 is 1.50 bits per heavy atom. The largest absolute Gasteiger partial charge is 0.324 e. The second kappa shape index (κ2) is 4.03. The molecule has 0 aliphatic heterocycles. The summed E-state index contributed by atoms with van der Waals surface area (Å²) in [5.74, 6) is 0.445. The zero-order valence-corrected chi connectivity index (χ0v) is 8.15. The highest BCUT2D eigenvalue weighted by atomic mass is 16.6. The van der Waals surface area contributed by atoms with Crippen LogP contribution in [0.4, 0.5) is 5.69 Å². The standard InChI is InChI=1S/C8H8N6O2/c9-5-8-10-11-12-13(8)6-2-1-3-7(4-6)14(15)16/h1-4H,5,9H2. The van der Waals surface area contributed by atoms with Gasteiger partial charge in [0, 0.05) is 12.1 Å². The van der Waals surface area contributed by atoms with Crippen LogP contribution in [-0.2, 0) is 6.54 Å². The second-order valence-corrected chi connectivity index (χ2v) is 2.99. The third kappa shape index (κ3) is 1.73. The number of non-ortho nitro benzene ring substituents is 1. The van der Waals surface area contributed by atoms with Crippen LogP contribution < -0.4 is 5.73 Å². The third-order valence-electron chi connectivity index (χ3n) is 2.00. The molecule has 0 saturated carbocycles. The van der Waals surface area contributed by atoms with Crippen LogP contribution in [-0.4, -0.2) is 25.1 Å². The Morgan fingerprint density at radius 3 is 3.00 bits per heavy atom. The molecule has 0 spiro atoms. The minimum absolute atomic E-state index is 0.0176. The molecule has 0 atom stereocenters. The number of nitrogens with two attached hydrogens (primary N) is 1. The van der Waals surface area contributed by atoms with E-state index in [2.05, 4.69) is 15.5 Å². The van der Waals surface area contributed by atoms with Gasteiger partial charge in [-0.05, 0) is 16.5 Å². The Hall–Kier alpha value is -2.35. The monoisotopic (exact) mass is 220 g/mol. The fraction of sp³-hybridized carbons (Fsp3) is 0.125. The lowest BCUT2D eigenvalue weighted by Crippen LogP contribution is -2.08. The Kier molecular flexibility index (Phi) is 2.56. The van der Waals surface area contributed by atoms with E-state index in [9.17, 15) is 10.1 Å². The summed E-state index contributed by atoms with van der Waals surface area (Å²) < 4.78 is 1.37. The van der Waals surface area contributed by atoms with Crippen LogP contribution in [0.3, 0.4) is 0 Å². The fourth-order valence-electron chi connectivity index (χ4n) is 1.27. The van der Waals surface area contributed by atoms with Crippen molar-refractivity contribution < 1.29 is 4.92 Å². The first-order chi connectivity index (χ1) is 7.72. The summed E-state index contributed by atoms with van der Waals surface area (Å²) in [6.45, 7) is 0.162. The number of nitro groups is 1. The maximum atomic E-state index is 10.6. The van der Waals surface area contributed by atoms with E-state index in [1.165, 1.54) is 16.8 Å². The molecule has 0 saturated heterocycles. The molecule has 1 aromatic heterocycles. The summed E-state index contributed by atoms with van der Waals surface area (Å²) in [6, 6.07) is 6.02. The SMILES string of the molecule is NCc1nnnn1-c1cccc([N+](=O)[O-])c1. The quantitative estimate of drug-likeness (QED) is 0.576. The highest BCUT2D eigenvalue weighted by molar-refractivity contribution is 5.42. The van der Waals surface area contributed by atoms with Gasteiger partial charge < -0.3 is 5.73 Å². The first kappa shape index (κ1) is 10.2. The van der Waals surface area contributed by atoms with E-state index in [4.69, 9.17) is 5.73 Å². The van der Waals surface area contributed by atoms with Crippen molar-refractivity contribution in [2.45, 2.75) is 6.54 Å². The molecule has 0 fully saturated rings. The molecule has 2 N–H and O–H groups in total. The molecule has 0 radical (unpaired) electrons. The van der Waals surface area contributed by atoms with Crippen LogP contribution in [0.2, 0.25) is 0 Å². The van der Waals surface area contributed by atoms with Crippen molar-refractivity contribution in [3.63, 3.8) is 0 Å². The van der Waals surface area contributed by atoms with Crippen molar-refractivity contribution in [1.29, 1.82) is 0 Å². The number of hydrogen-bond donors (Lipinski definition) is 1. The molecule has 1 heterocycles. The fourth-order valence-corrected chi connectivity index (χ4v) is 1.27. The molecule has 0 aliphatic carbocycles. The maximum Gasteiger partial charge on any atom is 0.271 e. The molecular weight excluding hydrogens is 212 g/mol. The van der Waals surface area contributed by atoms with Gasteiger partial charge in [0.15, 0.2) is 5.82 Å². The molecule has 0 unspecified atom stereocenters. The van der Waals surface area contributed by atoms with Gasteiger partial charge in [-0.15, -0.1) is 5.10 Å². The first-order valence-electron chi connectivity index (χ1n) is 4.44. The van der Waals surface area contributed by atoms with Crippen molar-refractivity contribution in [2.24, 2.45) is 5.73 Å². The average molecular weight is 220 g/mol. The predicted octanol–water partition coefficient (Wildman–Crippen LogP) is 0.0292. The Balaban J connectivity index is 2.48. The molecule has 2 aromatic rings. The van der Waals surface area contributed by atoms with Crippen LogP contribution in [0.5, 0.6) is 0 Å². The van der Waals surface area contributed by atoms with Gasteiger partial charge in [-0.25, -0.2) is 0 Å². The Labute approximate surface area is 89.8 Å². The minimum atomic E-state index is -0.476. The zero-order chi connectivity index (χ0) is 11.5. The van der Waals surface area contributed by atoms with Gasteiger partial charge in [0.1, 0.15) is 0 Å². The van der Waals surface area contributed by atoms with Crippen LogP contribution >= 0.6 is 0 Å². The van der Waals surface area contributed by atoms with Gasteiger partial charge >= 0.3 is 0 Å². The van der Waals surface area contributed by atoms with Gasteiger partial charge in [-0.1, -0.05) is 6.07 Å². The molecule has 2 rings (SSSR count). The molecule has 16 heavy (non-hydrogen) atoms. The molecule has 0 aliphatic rings. The van der Waals surface area contributed by atoms with Crippen molar-refractivity contribution in [3.8, 4) is 5.69 Å². The topological polar surface area (TPSA) is 113 Å². The highest BCUT2D eigenvalue weighted by Gasteiger charge is 2.10. The number of aromatic nitrogens is 4. The second-order valence-electron chi connectivity index (χ2n) is 2.99. The van der Waals surface area contributed by atoms with Gasteiger partial charge in [-0.3, -0.25) is 10.1 Å². The van der Waals surface area contributed by atoms with E-state index >= 15 is 0 Å². The van der Waals surface area contributed by atoms with Crippen molar-refractivity contribution >= 4 is 5.69 Å². The van der Waals surface area contributed by atoms with Gasteiger partial charge in [0.05, 0.1) is 17.2 Å². The van der Waals surface area contributed by atoms with Crippen LogP contribution in [0.15, 0.2) is 24.3 Å². The van der Waals surface area contributed by atoms with Crippen LogP contribution in [0.1, 0.15) is 5.82 Å². The number of hydrogen-bond acceptors (Lipinski definition) is 6. The van der Waals surface area contributed by atoms with E-state index in [0.717, 1.165) is 0 Å². The average Bonchev–Trinajstić information content (AvgIpc) is 2.77. The number of nitrogens with zero attached hydrogens (tertiary/aromatic N) is 5. The van der Waals surface area contributed by atoms with Crippen molar-refractivity contribution in [2.75, 3.05) is 0 Å². The molecule has 0 amide bonds. The zero-order valence-electron chi connectivity index (χ0n) is 8.15. The predicted molar refractivity (Wildman–Crippen MR) is 53.7 cm³/mol. The van der Waals surface area contributed by atoms with E-state index in [0.29, 0.717) is 11.5 Å². The summed E-state index contributed by atoms with van der Waals surface area (Å²) in [5, 5.41) is 21.5. The van der Waals surface area contributed by atoms with Gasteiger partial charge in [-0.2, -0.15) is 4.68 Å². The van der Waals surface area contributed by atoms with E-state index < -0.39 is 4.92 Å². The molecule has 8 heteroatoms. The number of rotatable bonds is 3. The van der Waals surface area contributed by atoms with Gasteiger partial charge in [0.2, 0.25) is 0 Å². The van der Waals surface area contributed by atoms with Crippen molar-refractivity contribution in [1.82, 2.24) is 20.2 Å². The normalized spacial score (nSPS) is 10.3. The molecule has 8 nitrogen and oxygen atoms in total. The smallest absolute Gasteiger partial charge is 0.271 e. The number of benzene rings is 1. The van der Waals surface area contributed by atoms with Crippen LogP contribution in [0, 0.1) is 10.1 Å². The lowest BCUT2D eigenvalue weighted by atomic mass is 10.3. The Morgan fingerprint density at radius 2 is 2.31 bits per heavy atom. The Bertz CT molecular complexity index is 523. The summed E-state index contributed by atoms with van der Waals surface area (Å²) in [6.07, 6.45) is 0. The molecule has 82 valence electrons. The number of nitro benzene ring substituents is 1. The summed E-state index contributed by atoms with van der Waals surface area (Å²) in [4.78, 5) is 10.1.